The molecule has 0 aliphatic rings. The van der Waals surface area contributed by atoms with Gasteiger partial charge in [-0.2, -0.15) is 69.9 Å². The van der Waals surface area contributed by atoms with Crippen LogP contribution in [0, 0.1) is 34.6 Å². The third kappa shape index (κ3) is 38.8. The number of carbonyl (C=O) groups excluding carboxylic acids is 16. The van der Waals surface area contributed by atoms with Crippen LogP contribution in [-0.2, 0) is 89.6 Å². The van der Waals surface area contributed by atoms with E-state index in [0.29, 0.717) is 107 Å². The van der Waals surface area contributed by atoms with Gasteiger partial charge in [-0.1, -0.05) is 117 Å². The molecule has 0 bridgehead atoms. The fourth-order valence-corrected chi connectivity index (χ4v) is 12.4. The van der Waals surface area contributed by atoms with Crippen molar-refractivity contribution in [2.45, 2.75) is 86.0 Å². The van der Waals surface area contributed by atoms with Gasteiger partial charge in [-0.05, 0) is 269 Å². The van der Waals surface area contributed by atoms with Gasteiger partial charge in [0.05, 0.1) is 92.7 Å². The summed E-state index contributed by atoms with van der Waals surface area (Å²) in [7, 11) is 0. The Hall–Kier alpha value is -17.3. The van der Waals surface area contributed by atoms with Crippen molar-refractivity contribution < 1.29 is 76.7 Å². The van der Waals surface area contributed by atoms with E-state index in [9.17, 15) is 76.7 Å². The van der Waals surface area contributed by atoms with Crippen molar-refractivity contribution in [3.63, 3.8) is 0 Å². The second kappa shape index (κ2) is 61.9. The lowest BCUT2D eigenvalue weighted by molar-refractivity contribution is 0.557. The van der Waals surface area contributed by atoms with Crippen LogP contribution in [0.4, 0.5) is 79.6 Å². The summed E-state index contributed by atoms with van der Waals surface area (Å²) in [5.41, 5.74) is 18.2. The Kier molecular flexibility index (Phi) is 49.9. The quantitative estimate of drug-likeness (QED) is 0.0250. The molecule has 0 radical (unpaired) electrons. The number of aliphatic imine (C=N–C) groups is 16. The van der Waals surface area contributed by atoms with Crippen LogP contribution in [0.15, 0.2) is 301 Å². The lowest BCUT2D eigenvalue weighted by atomic mass is 10.00. The lowest BCUT2D eigenvalue weighted by Crippen LogP contribution is -1.90. The number of fused-ring (bicyclic) bond motifs is 1. The number of hydrogen-bond acceptors (Lipinski definition) is 32. The van der Waals surface area contributed by atoms with Gasteiger partial charge in [-0.15, -0.1) is 0 Å². The molecule has 34 heteroatoms. The first-order valence-electron chi connectivity index (χ1n) is 37.7. The fraction of sp³-hybridized carbons (Fsp3) is 0.158. The number of unbranched alkanes of at least 4 members (excludes halogenated alkanes) is 5. The minimum Gasteiger partial charge on any atom is -0.211 e. The highest BCUT2D eigenvalue weighted by atomic mass is 79.9. The minimum absolute atomic E-state index is 0.359. The summed E-state index contributed by atoms with van der Waals surface area (Å²) in [5.74, 6) is 0. The van der Waals surface area contributed by atoms with E-state index in [0.717, 1.165) is 118 Å². The van der Waals surface area contributed by atoms with Crippen LogP contribution >= 0.6 is 31.9 Å². The smallest absolute Gasteiger partial charge is 0.211 e. The Bertz CT molecular complexity index is 6200. The zero-order valence-electron chi connectivity index (χ0n) is 69.2. The third-order valence-electron chi connectivity index (χ3n) is 17.2. The van der Waals surface area contributed by atoms with Crippen LogP contribution in [0.5, 0.6) is 0 Å². The molecule has 129 heavy (non-hydrogen) atoms. The molecule has 0 N–H and O–H groups in total. The molecule has 11 rings (SSSR count). The predicted octanol–water partition coefficient (Wildman–Crippen LogP) is 22.4. The predicted molar refractivity (Wildman–Crippen MR) is 488 cm³/mol. The van der Waals surface area contributed by atoms with Gasteiger partial charge in [0, 0.05) is 25.3 Å². The van der Waals surface area contributed by atoms with E-state index < -0.39 is 0 Å². The van der Waals surface area contributed by atoms with Gasteiger partial charge in [0.25, 0.3) is 0 Å². The topological polar surface area (TPSA) is 471 Å². The normalized spacial score (nSPS) is 9.05. The first-order valence-corrected chi connectivity index (χ1v) is 39.3. The van der Waals surface area contributed by atoms with E-state index in [2.05, 4.69) is 112 Å². The summed E-state index contributed by atoms with van der Waals surface area (Å²) >= 11 is 6.38. The number of aryl methyl sites for hydroxylation is 4. The van der Waals surface area contributed by atoms with Gasteiger partial charge >= 0.3 is 0 Å². The average molecular weight is 1850 g/mol. The molecule has 11 aromatic rings. The van der Waals surface area contributed by atoms with Gasteiger partial charge in [0.1, 0.15) is 0 Å². The number of benzene rings is 11. The first kappa shape index (κ1) is 104. The highest BCUT2D eigenvalue weighted by Gasteiger charge is 2.10. The summed E-state index contributed by atoms with van der Waals surface area (Å²) in [6.07, 6.45) is 31.6. The summed E-state index contributed by atoms with van der Waals surface area (Å²) in [6, 6.07) is 62.2. The molecule has 0 saturated carbocycles. The molecule has 0 saturated heterocycles. The number of rotatable bonds is 28. The van der Waals surface area contributed by atoms with Crippen LogP contribution in [0.25, 0.3) is 21.9 Å². The maximum atomic E-state index is 10.3. The van der Waals surface area contributed by atoms with Gasteiger partial charge in [-0.25, -0.2) is 86.7 Å². The Morgan fingerprint density at radius 3 is 0.767 bits per heavy atom. The zero-order valence-corrected chi connectivity index (χ0v) is 72.4. The van der Waals surface area contributed by atoms with Gasteiger partial charge in [0.15, 0.2) is 0 Å². The van der Waals surface area contributed by atoms with Gasteiger partial charge < -0.3 is 0 Å². The maximum absolute atomic E-state index is 10.3. The Morgan fingerprint density at radius 1 is 0.217 bits per heavy atom. The zero-order chi connectivity index (χ0) is 94.2. The van der Waals surface area contributed by atoms with Crippen LogP contribution in [-0.4, -0.2) is 110 Å². The second-order valence-electron chi connectivity index (χ2n) is 25.7. The van der Waals surface area contributed by atoms with E-state index in [1.165, 1.54) is 79.0 Å². The summed E-state index contributed by atoms with van der Waals surface area (Å²) in [5, 5.41) is 1.50. The van der Waals surface area contributed by atoms with E-state index in [1.54, 1.807) is 153 Å². The standard InChI is InChI=1S/C17H14N2O2.C16H12N2O2.C15H10N2O2.C12H6N2O2.C10H16N2O2.C9H6N2O2.C8H2Br2N2O2.C8H4N2O2/c1-12-7-14(3-5-16(12)18-10-20)9-15-4-6-17(19-11-21)13(2)8-15;1-11-7-13(3-5-15(11)17-9-19)14-4-6-16(18-10-20)12(2)8-14;18-10-16-14-5-1-12(2-6-14)9-13-3-7-15(8-4-13)17-11-19;15-7-13-11-5-1-3-9-10(11)4-2-6-12(9)14-8-16;13-9-11-7-5-3-1-2-4-6-8-12-10-14;1-7-8(10-5-12)3-2-4-9(7)11-6-13;9-5-1-6(10)8(12-4-14)2-7(5)11-3-13;11-5-9-7-1-2-8(4-3-7)10-6-12/h3-8H,9H2,1-2H3;3-8H,1-2H3;1-8H,9H2;1-6H;1-8H2;2-4H,1H3;1-2H;1-4H. The fourth-order valence-electron chi connectivity index (χ4n) is 11.2. The molecule has 0 aromatic heterocycles. The number of halogens is 2. The molecule has 0 heterocycles. The molecule has 0 unspecified atom stereocenters. The van der Waals surface area contributed by atoms with Crippen LogP contribution in [0.1, 0.15) is 88.6 Å². The first-order chi connectivity index (χ1) is 62.7. The molecule has 32 nitrogen and oxygen atoms in total. The average Bonchev–Trinajstić information content (AvgIpc) is 0.811. The molecule has 11 aromatic carbocycles. The van der Waals surface area contributed by atoms with Crippen molar-refractivity contribution in [1.29, 1.82) is 0 Å². The lowest BCUT2D eigenvalue weighted by Gasteiger charge is -2.07. The Labute approximate surface area is 753 Å². The molecule has 640 valence electrons. The molecule has 0 fully saturated rings. The van der Waals surface area contributed by atoms with E-state index in [-0.39, 0.29) is 0 Å². The highest BCUT2D eigenvalue weighted by molar-refractivity contribution is 9.11. The van der Waals surface area contributed by atoms with Crippen molar-refractivity contribution in [3.8, 4) is 11.1 Å². The molecular weight excluding hydrogens is 1780 g/mol. The number of nitrogens with zero attached hydrogens (tertiary/aromatic N) is 16. The Balaban J connectivity index is 0.000000311. The Morgan fingerprint density at radius 2 is 0.465 bits per heavy atom. The molecular formula is C95H70Br2N16O16. The SMILES string of the molecule is Cc1c(N=C=O)cccc1N=C=O.Cc1cc(-c2ccc(N=C=O)c(C)c2)ccc1N=C=O.Cc1cc(Cc2ccc(N=C=O)c(C)c2)ccc1N=C=O.O=C=NCCCCCCCCN=C=O.O=C=Nc1cc(N=C=O)c(Br)cc1Br.O=C=Nc1ccc(Cc2ccc(N=C=O)cc2)cc1.O=C=Nc1ccc(N=C=O)cc1.O=C=Nc1cccc2c(N=C=O)cccc12. The van der Waals surface area contributed by atoms with E-state index in [4.69, 9.17) is 0 Å². The van der Waals surface area contributed by atoms with Crippen LogP contribution < -0.4 is 0 Å². The van der Waals surface area contributed by atoms with E-state index >= 15 is 0 Å². The van der Waals surface area contributed by atoms with Gasteiger partial charge in [0.2, 0.25) is 97.3 Å². The number of isocyanates is 16. The summed E-state index contributed by atoms with van der Waals surface area (Å²) in [6.45, 7) is 10.5. The van der Waals surface area contributed by atoms with Crippen molar-refractivity contribution in [2.75, 3.05) is 13.1 Å². The summed E-state index contributed by atoms with van der Waals surface area (Å²) in [4.78, 5) is 217. The molecule has 0 aliphatic carbocycles. The van der Waals surface area contributed by atoms with Crippen LogP contribution in [0.2, 0.25) is 0 Å². The van der Waals surface area contributed by atoms with Crippen molar-refractivity contribution in [1.82, 2.24) is 0 Å². The molecule has 0 amide bonds. The van der Waals surface area contributed by atoms with Gasteiger partial charge in [-0.3, -0.25) is 0 Å². The van der Waals surface area contributed by atoms with E-state index in [1.807, 2.05) is 113 Å². The maximum Gasteiger partial charge on any atom is 0.240 e. The van der Waals surface area contributed by atoms with Crippen molar-refractivity contribution in [2.24, 2.45) is 79.9 Å². The molecule has 0 atom stereocenters. The molecule has 0 aliphatic heterocycles. The van der Waals surface area contributed by atoms with Crippen molar-refractivity contribution >= 4 is 220 Å². The second-order valence-corrected chi connectivity index (χ2v) is 27.4. The third-order valence-corrected chi connectivity index (χ3v) is 18.5. The minimum atomic E-state index is 0.359. The van der Waals surface area contributed by atoms with Crippen LogP contribution in [0.3, 0.4) is 0 Å². The number of hydrogen-bond donors (Lipinski definition) is 0. The van der Waals surface area contributed by atoms with Crippen molar-refractivity contribution in [3.05, 3.63) is 271 Å². The largest absolute Gasteiger partial charge is 0.240 e. The molecule has 0 spiro atoms. The highest BCUT2D eigenvalue weighted by Crippen LogP contribution is 2.37. The summed E-state index contributed by atoms with van der Waals surface area (Å²) < 4.78 is 1.22. The monoisotopic (exact) mass is 1850 g/mol.